The number of hydrogen-bond acceptors (Lipinski definition) is 5. The number of aromatic nitrogens is 2. The van der Waals surface area contributed by atoms with Gasteiger partial charge in [0.25, 0.3) is 5.91 Å². The van der Waals surface area contributed by atoms with E-state index in [1.807, 2.05) is 16.8 Å². The summed E-state index contributed by atoms with van der Waals surface area (Å²) in [5.74, 6) is 0.0593. The fraction of sp³-hybridized carbons (Fsp3) is 0.364. The van der Waals surface area contributed by atoms with Crippen LogP contribution in [0, 0.1) is 11.0 Å². The van der Waals surface area contributed by atoms with Gasteiger partial charge in [-0.3, -0.25) is 10.1 Å². The van der Waals surface area contributed by atoms with Crippen molar-refractivity contribution in [3.63, 3.8) is 0 Å². The molecule has 0 unspecified atom stereocenters. The van der Waals surface area contributed by atoms with Crippen LogP contribution in [-0.2, 0) is 22.8 Å². The van der Waals surface area contributed by atoms with Gasteiger partial charge >= 0.3 is 0 Å². The monoisotopic (exact) mass is 461 g/mol. The normalized spacial score (nSPS) is 14.2. The summed E-state index contributed by atoms with van der Waals surface area (Å²) in [6.07, 6.45) is 5.28. The van der Waals surface area contributed by atoms with Gasteiger partial charge in [-0.1, -0.05) is 37.3 Å². The molecule has 3 aromatic rings. The minimum absolute atomic E-state index is 0.204. The summed E-state index contributed by atoms with van der Waals surface area (Å²) in [6.45, 7) is 4.62. The van der Waals surface area contributed by atoms with E-state index in [1.165, 1.54) is 0 Å². The molecule has 2 heterocycles. The summed E-state index contributed by atoms with van der Waals surface area (Å²) < 4.78 is 39.9. The van der Waals surface area contributed by atoms with Gasteiger partial charge in [0.1, 0.15) is 5.69 Å². The summed E-state index contributed by atoms with van der Waals surface area (Å²) in [6, 6.07) is 8.69. The summed E-state index contributed by atoms with van der Waals surface area (Å²) in [5.41, 5.74) is 2.36. The third kappa shape index (κ3) is 5.04. The molecule has 2 aromatic heterocycles. The molecular weight excluding hydrogens is 437 g/mol. The summed E-state index contributed by atoms with van der Waals surface area (Å²) >= 11 is 0.773. The third-order valence-electron chi connectivity index (χ3n) is 5.10. The average molecular weight is 462 g/mol. The second kappa shape index (κ2) is 8.55. The Kier molecular flexibility index (Phi) is 5.98. The lowest BCUT2D eigenvalue weighted by Crippen LogP contribution is -2.17. The van der Waals surface area contributed by atoms with Crippen LogP contribution in [0.2, 0.25) is 0 Å². The Balaban J connectivity index is 1.57. The van der Waals surface area contributed by atoms with Gasteiger partial charge in [0.05, 0.1) is 16.3 Å². The van der Waals surface area contributed by atoms with E-state index >= 15 is 0 Å². The van der Waals surface area contributed by atoms with Crippen LogP contribution in [0.3, 0.4) is 0 Å². The van der Waals surface area contributed by atoms with Gasteiger partial charge in [-0.05, 0) is 54.5 Å². The molecule has 164 valence electrons. The molecule has 1 aliphatic rings. The highest BCUT2D eigenvalue weighted by atomic mass is 32.2. The lowest BCUT2D eigenvalue weighted by atomic mass is 10.1. The number of carbonyl (C=O) groups is 1. The Hall–Kier alpha value is -2.52. The van der Waals surface area contributed by atoms with Crippen molar-refractivity contribution >= 4 is 32.2 Å². The third-order valence-corrected chi connectivity index (χ3v) is 8.08. The Morgan fingerprint density at radius 1 is 1.26 bits per heavy atom. The van der Waals surface area contributed by atoms with Gasteiger partial charge < -0.3 is 4.57 Å². The first kappa shape index (κ1) is 21.7. The zero-order valence-corrected chi connectivity index (χ0v) is 19.0. The van der Waals surface area contributed by atoms with E-state index in [1.54, 1.807) is 24.3 Å². The number of anilines is 1. The van der Waals surface area contributed by atoms with Gasteiger partial charge in [0.2, 0.25) is 0 Å². The maximum Gasteiger partial charge on any atom is 0.274 e. The van der Waals surface area contributed by atoms with Crippen LogP contribution in [0.4, 0.5) is 9.52 Å². The molecule has 6 nitrogen and oxygen atoms in total. The molecule has 1 N–H and O–H groups in total. The molecule has 1 aromatic carbocycles. The van der Waals surface area contributed by atoms with Gasteiger partial charge in [0.15, 0.2) is 20.1 Å². The van der Waals surface area contributed by atoms with Crippen molar-refractivity contribution < 1.29 is 17.6 Å². The van der Waals surface area contributed by atoms with Crippen LogP contribution >= 0.6 is 11.3 Å². The van der Waals surface area contributed by atoms with Crippen LogP contribution in [0.15, 0.2) is 47.6 Å². The van der Waals surface area contributed by atoms with Crippen molar-refractivity contribution in [1.82, 2.24) is 9.55 Å². The standard InChI is InChI=1S/C22H24FN3O3S2/c1-14(2)9-16-10-19(21(27)25-22-24-11-20(23)30-22)26(13-16)12-15-3-5-17(6-4-15)31(28,29)18-7-8-18/h3-6,10-11,13-14,18H,7-9,12H2,1-2H3,(H,24,25,27). The number of hydrogen-bond donors (Lipinski definition) is 1. The Labute approximate surface area is 185 Å². The Bertz CT molecular complexity index is 1190. The second-order valence-electron chi connectivity index (χ2n) is 8.27. The Morgan fingerprint density at radius 3 is 2.55 bits per heavy atom. The van der Waals surface area contributed by atoms with E-state index < -0.39 is 15.0 Å². The SMILES string of the molecule is CC(C)Cc1cc(C(=O)Nc2ncc(F)s2)n(Cc2ccc(S(=O)(=O)C3CC3)cc2)c1. The van der Waals surface area contributed by atoms with Crippen molar-refractivity contribution in [3.8, 4) is 0 Å². The maximum absolute atomic E-state index is 13.2. The quantitative estimate of drug-likeness (QED) is 0.535. The van der Waals surface area contributed by atoms with Crippen LogP contribution in [0.1, 0.15) is 48.3 Å². The number of rotatable bonds is 8. The Morgan fingerprint density at radius 2 is 1.97 bits per heavy atom. The molecule has 0 aliphatic heterocycles. The number of sulfone groups is 1. The van der Waals surface area contributed by atoms with E-state index in [0.717, 1.165) is 47.9 Å². The molecule has 1 amide bonds. The molecule has 1 saturated carbocycles. The molecule has 1 aliphatic carbocycles. The molecule has 31 heavy (non-hydrogen) atoms. The fourth-order valence-electron chi connectivity index (χ4n) is 3.50. The van der Waals surface area contributed by atoms with Crippen molar-refractivity contribution in [3.05, 3.63) is 64.7 Å². The molecule has 0 saturated heterocycles. The first-order chi connectivity index (χ1) is 14.7. The van der Waals surface area contributed by atoms with E-state index in [0.29, 0.717) is 23.1 Å². The van der Waals surface area contributed by atoms with Crippen molar-refractivity contribution in [2.24, 2.45) is 5.92 Å². The smallest absolute Gasteiger partial charge is 0.274 e. The topological polar surface area (TPSA) is 81.1 Å². The summed E-state index contributed by atoms with van der Waals surface area (Å²) in [5, 5.41) is 2.14. The van der Waals surface area contributed by atoms with Crippen LogP contribution < -0.4 is 5.32 Å². The number of nitrogens with zero attached hydrogens (tertiary/aromatic N) is 2. The van der Waals surface area contributed by atoms with E-state index in [2.05, 4.69) is 24.1 Å². The zero-order valence-electron chi connectivity index (χ0n) is 17.3. The van der Waals surface area contributed by atoms with E-state index in [9.17, 15) is 17.6 Å². The number of benzene rings is 1. The van der Waals surface area contributed by atoms with Gasteiger partial charge in [-0.25, -0.2) is 13.4 Å². The predicted molar refractivity (Wildman–Crippen MR) is 119 cm³/mol. The molecule has 9 heteroatoms. The molecular formula is C22H24FN3O3S2. The molecule has 4 rings (SSSR count). The molecule has 0 radical (unpaired) electrons. The van der Waals surface area contributed by atoms with Crippen molar-refractivity contribution in [2.75, 3.05) is 5.32 Å². The first-order valence-corrected chi connectivity index (χ1v) is 12.5. The highest BCUT2D eigenvalue weighted by Gasteiger charge is 2.36. The number of halogens is 1. The van der Waals surface area contributed by atoms with Crippen molar-refractivity contribution in [1.29, 1.82) is 0 Å². The number of amides is 1. The zero-order chi connectivity index (χ0) is 22.2. The van der Waals surface area contributed by atoms with Crippen LogP contribution in [0.25, 0.3) is 0 Å². The van der Waals surface area contributed by atoms with E-state index in [4.69, 9.17) is 0 Å². The molecule has 0 spiro atoms. The number of carbonyl (C=O) groups excluding carboxylic acids is 1. The first-order valence-electron chi connectivity index (χ1n) is 10.2. The number of thiazole rings is 1. The lowest BCUT2D eigenvalue weighted by Gasteiger charge is -2.10. The van der Waals surface area contributed by atoms with Crippen LogP contribution in [-0.4, -0.2) is 29.1 Å². The second-order valence-corrected chi connectivity index (χ2v) is 11.5. The van der Waals surface area contributed by atoms with Gasteiger partial charge in [0, 0.05) is 12.7 Å². The van der Waals surface area contributed by atoms with Gasteiger partial charge in [-0.15, -0.1) is 0 Å². The van der Waals surface area contributed by atoms with Gasteiger partial charge in [-0.2, -0.15) is 4.39 Å². The summed E-state index contributed by atoms with van der Waals surface area (Å²) in [4.78, 5) is 17.0. The largest absolute Gasteiger partial charge is 0.339 e. The maximum atomic E-state index is 13.2. The fourth-order valence-corrected chi connectivity index (χ4v) is 5.70. The van der Waals surface area contributed by atoms with Crippen molar-refractivity contribution in [2.45, 2.75) is 49.8 Å². The number of nitrogens with one attached hydrogen (secondary N) is 1. The highest BCUT2D eigenvalue weighted by molar-refractivity contribution is 7.92. The minimum atomic E-state index is -3.23. The molecule has 0 bridgehead atoms. The highest BCUT2D eigenvalue weighted by Crippen LogP contribution is 2.33. The van der Waals surface area contributed by atoms with E-state index in [-0.39, 0.29) is 16.3 Å². The minimum Gasteiger partial charge on any atom is -0.339 e. The molecule has 1 fully saturated rings. The van der Waals surface area contributed by atoms with Crippen LogP contribution in [0.5, 0.6) is 0 Å². The average Bonchev–Trinajstić information content (AvgIpc) is 3.40. The summed E-state index contributed by atoms with van der Waals surface area (Å²) in [7, 11) is -3.23. The lowest BCUT2D eigenvalue weighted by molar-refractivity contribution is 0.101. The predicted octanol–water partition coefficient (Wildman–Crippen LogP) is 4.52. The molecule has 0 atom stereocenters.